The maximum atomic E-state index is 11.3. The Hall–Kier alpha value is -4.90. The summed E-state index contributed by atoms with van der Waals surface area (Å²) in [6.45, 7) is 0. The third kappa shape index (κ3) is 3.72. The van der Waals surface area contributed by atoms with E-state index in [9.17, 15) is 5.11 Å². The zero-order valence-corrected chi connectivity index (χ0v) is 20.0. The molecular formula is C32H23N3O2. The Balaban J connectivity index is 1.48. The average molecular weight is 482 g/mol. The highest BCUT2D eigenvalue weighted by molar-refractivity contribution is 6.13. The van der Waals surface area contributed by atoms with Crippen molar-refractivity contribution in [3.05, 3.63) is 132 Å². The predicted molar refractivity (Wildman–Crippen MR) is 146 cm³/mol. The quantitative estimate of drug-likeness (QED) is 0.264. The van der Waals surface area contributed by atoms with E-state index in [0.717, 1.165) is 39.0 Å². The highest BCUT2D eigenvalue weighted by Crippen LogP contribution is 2.35. The summed E-state index contributed by atoms with van der Waals surface area (Å²) in [7, 11) is 0. The first kappa shape index (κ1) is 21.4. The van der Waals surface area contributed by atoms with Crippen LogP contribution in [0.4, 0.5) is 0 Å². The molecule has 0 saturated heterocycles. The average Bonchev–Trinajstić information content (AvgIpc) is 3.57. The lowest BCUT2D eigenvalue weighted by Crippen LogP contribution is -2.01. The first-order valence-electron chi connectivity index (χ1n) is 12.3. The Morgan fingerprint density at radius 1 is 0.703 bits per heavy atom. The van der Waals surface area contributed by atoms with Crippen molar-refractivity contribution < 1.29 is 9.52 Å². The number of fused-ring (bicyclic) bond motifs is 4. The van der Waals surface area contributed by atoms with Crippen LogP contribution in [0.5, 0.6) is 5.88 Å². The molecule has 0 radical (unpaired) electrons. The van der Waals surface area contributed by atoms with Crippen molar-refractivity contribution in [2.75, 3.05) is 0 Å². The molecule has 7 rings (SSSR count). The lowest BCUT2D eigenvalue weighted by molar-refractivity contribution is 0.438. The van der Waals surface area contributed by atoms with Crippen LogP contribution in [0.15, 0.2) is 114 Å². The second-order valence-electron chi connectivity index (χ2n) is 9.26. The van der Waals surface area contributed by atoms with Crippen molar-refractivity contribution in [1.82, 2.24) is 14.4 Å². The standard InChI is InChI=1S/C32H23N3O2/c36-32-29(19-23-12-8-16-37-23)34-31-28(17-21-9-2-1-3-10-21)33-30(20-35(31)32)27-18-22-11-4-5-13-24(22)25-14-6-7-15-26(25)27/h1-16,18,20,36H,17,19H2. The SMILES string of the molecule is Oc1c(Cc2ccco2)nc2c(Cc3ccccc3)nc(-c3cc4ccccc4c4ccccc34)cn12. The second kappa shape index (κ2) is 8.64. The van der Waals surface area contributed by atoms with Crippen LogP contribution in [0.3, 0.4) is 0 Å². The number of hydrogen-bond donors (Lipinski definition) is 1. The molecule has 178 valence electrons. The van der Waals surface area contributed by atoms with Crippen LogP contribution in [0.25, 0.3) is 38.4 Å². The van der Waals surface area contributed by atoms with Gasteiger partial charge in [-0.05, 0) is 45.3 Å². The van der Waals surface area contributed by atoms with Crippen molar-refractivity contribution in [3.63, 3.8) is 0 Å². The molecule has 0 bridgehead atoms. The minimum Gasteiger partial charge on any atom is -0.493 e. The van der Waals surface area contributed by atoms with E-state index in [1.165, 1.54) is 10.8 Å². The largest absolute Gasteiger partial charge is 0.493 e. The van der Waals surface area contributed by atoms with E-state index in [1.807, 2.05) is 36.5 Å². The maximum absolute atomic E-state index is 11.3. The molecule has 0 saturated carbocycles. The van der Waals surface area contributed by atoms with Gasteiger partial charge in [0, 0.05) is 18.2 Å². The first-order valence-corrected chi connectivity index (χ1v) is 12.3. The summed E-state index contributed by atoms with van der Waals surface area (Å²) in [6.07, 6.45) is 4.53. The van der Waals surface area contributed by atoms with E-state index in [1.54, 1.807) is 10.7 Å². The topological polar surface area (TPSA) is 63.6 Å². The molecule has 5 nitrogen and oxygen atoms in total. The van der Waals surface area contributed by atoms with Crippen LogP contribution in [0.1, 0.15) is 22.7 Å². The molecular weight excluding hydrogens is 458 g/mol. The monoisotopic (exact) mass is 481 g/mol. The Kier molecular flexibility index (Phi) is 5.00. The van der Waals surface area contributed by atoms with Crippen molar-refractivity contribution >= 4 is 27.2 Å². The number of aromatic hydroxyl groups is 1. The summed E-state index contributed by atoms with van der Waals surface area (Å²) in [6, 6.07) is 33.0. The zero-order valence-electron chi connectivity index (χ0n) is 20.0. The van der Waals surface area contributed by atoms with E-state index in [0.29, 0.717) is 24.2 Å². The van der Waals surface area contributed by atoms with Crippen LogP contribution in [-0.4, -0.2) is 19.5 Å². The van der Waals surface area contributed by atoms with E-state index in [-0.39, 0.29) is 5.88 Å². The fourth-order valence-electron chi connectivity index (χ4n) is 5.14. The highest BCUT2D eigenvalue weighted by atomic mass is 16.3. The number of furan rings is 1. The Labute approximate surface area is 213 Å². The molecule has 0 aliphatic carbocycles. The summed E-state index contributed by atoms with van der Waals surface area (Å²) >= 11 is 0. The highest BCUT2D eigenvalue weighted by Gasteiger charge is 2.20. The van der Waals surface area contributed by atoms with Crippen LogP contribution in [0, 0.1) is 0 Å². The van der Waals surface area contributed by atoms with Crippen molar-refractivity contribution in [3.8, 4) is 17.1 Å². The van der Waals surface area contributed by atoms with Crippen molar-refractivity contribution in [2.24, 2.45) is 0 Å². The number of aromatic nitrogens is 3. The van der Waals surface area contributed by atoms with Gasteiger partial charge in [-0.1, -0.05) is 78.9 Å². The summed E-state index contributed by atoms with van der Waals surface area (Å²) < 4.78 is 7.29. The minimum atomic E-state index is 0.106. The molecule has 0 aliphatic heterocycles. The van der Waals surface area contributed by atoms with Gasteiger partial charge in [0.2, 0.25) is 5.88 Å². The molecule has 3 heterocycles. The summed E-state index contributed by atoms with van der Waals surface area (Å²) in [5.41, 5.74) is 4.96. The fraction of sp³-hybridized carbons (Fsp3) is 0.0625. The van der Waals surface area contributed by atoms with E-state index in [2.05, 4.69) is 66.7 Å². The van der Waals surface area contributed by atoms with Crippen LogP contribution >= 0.6 is 0 Å². The molecule has 0 amide bonds. The Bertz CT molecular complexity index is 1890. The predicted octanol–water partition coefficient (Wildman–Crippen LogP) is 7.18. The number of imidazole rings is 1. The van der Waals surface area contributed by atoms with Gasteiger partial charge < -0.3 is 9.52 Å². The summed E-state index contributed by atoms with van der Waals surface area (Å²) in [5, 5.41) is 15.9. The molecule has 7 aromatic rings. The molecule has 1 N–H and O–H groups in total. The van der Waals surface area contributed by atoms with Gasteiger partial charge in [0.05, 0.1) is 24.1 Å². The first-order chi connectivity index (χ1) is 18.2. The third-order valence-electron chi connectivity index (χ3n) is 6.90. The van der Waals surface area contributed by atoms with Gasteiger partial charge in [0.25, 0.3) is 0 Å². The van der Waals surface area contributed by atoms with Crippen LogP contribution in [-0.2, 0) is 12.8 Å². The third-order valence-corrected chi connectivity index (χ3v) is 6.90. The lowest BCUT2D eigenvalue weighted by Gasteiger charge is -2.13. The van der Waals surface area contributed by atoms with Gasteiger partial charge in [0.15, 0.2) is 5.65 Å². The molecule has 0 spiro atoms. The van der Waals surface area contributed by atoms with Gasteiger partial charge >= 0.3 is 0 Å². The Morgan fingerprint density at radius 2 is 1.46 bits per heavy atom. The second-order valence-corrected chi connectivity index (χ2v) is 9.26. The van der Waals surface area contributed by atoms with E-state index < -0.39 is 0 Å². The summed E-state index contributed by atoms with van der Waals surface area (Å²) in [5.74, 6) is 0.853. The molecule has 5 heteroatoms. The van der Waals surface area contributed by atoms with Gasteiger partial charge in [-0.25, -0.2) is 9.97 Å². The normalized spacial score (nSPS) is 11.6. The Morgan fingerprint density at radius 3 is 2.27 bits per heavy atom. The smallest absolute Gasteiger partial charge is 0.219 e. The molecule has 0 fully saturated rings. The molecule has 37 heavy (non-hydrogen) atoms. The van der Waals surface area contributed by atoms with Crippen LogP contribution in [0.2, 0.25) is 0 Å². The number of nitrogens with zero attached hydrogens (tertiary/aromatic N) is 3. The fourth-order valence-corrected chi connectivity index (χ4v) is 5.14. The number of benzene rings is 4. The van der Waals surface area contributed by atoms with E-state index in [4.69, 9.17) is 14.4 Å². The van der Waals surface area contributed by atoms with E-state index >= 15 is 0 Å². The number of rotatable bonds is 5. The van der Waals surface area contributed by atoms with Crippen molar-refractivity contribution in [1.29, 1.82) is 0 Å². The lowest BCUT2D eigenvalue weighted by atomic mass is 9.95. The summed E-state index contributed by atoms with van der Waals surface area (Å²) in [4.78, 5) is 9.98. The molecule has 3 aromatic heterocycles. The number of hydrogen-bond acceptors (Lipinski definition) is 4. The minimum absolute atomic E-state index is 0.106. The maximum Gasteiger partial charge on any atom is 0.219 e. The molecule has 0 atom stereocenters. The van der Waals surface area contributed by atoms with Crippen LogP contribution < -0.4 is 0 Å². The van der Waals surface area contributed by atoms with Gasteiger partial charge in [-0.2, -0.15) is 0 Å². The molecule has 0 aliphatic rings. The van der Waals surface area contributed by atoms with Gasteiger partial charge in [-0.3, -0.25) is 4.40 Å². The molecule has 4 aromatic carbocycles. The van der Waals surface area contributed by atoms with Crippen molar-refractivity contribution in [2.45, 2.75) is 12.8 Å². The van der Waals surface area contributed by atoms with Gasteiger partial charge in [-0.15, -0.1) is 0 Å². The zero-order chi connectivity index (χ0) is 24.8. The van der Waals surface area contributed by atoms with Gasteiger partial charge in [0.1, 0.15) is 11.5 Å². The molecule has 0 unspecified atom stereocenters.